The molecule has 1 heterocycles. The SMILES string of the molecule is O=CC[C@@H]1CC[C@H]2[C@@H]3CCc4ccccc4[C@H]3[C@H]3C[C@]12OC3=O. The van der Waals surface area contributed by atoms with Crippen LogP contribution in [0.2, 0.25) is 0 Å². The van der Waals surface area contributed by atoms with Crippen LogP contribution in [0.15, 0.2) is 24.3 Å². The Bertz CT molecular complexity index is 681. The molecule has 4 aliphatic rings. The molecule has 0 N–H and O–H groups in total. The summed E-state index contributed by atoms with van der Waals surface area (Å²) in [6, 6.07) is 8.66. The predicted octanol–water partition coefficient (Wildman–Crippen LogP) is 3.26. The molecule has 3 heteroatoms. The molecule has 1 saturated heterocycles. The van der Waals surface area contributed by atoms with Crippen LogP contribution in [0.3, 0.4) is 0 Å². The normalized spacial score (nSPS) is 43.3. The number of rotatable bonds is 2. The molecule has 23 heavy (non-hydrogen) atoms. The fourth-order valence-electron chi connectivity index (χ4n) is 6.45. The van der Waals surface area contributed by atoms with Crippen molar-refractivity contribution < 1.29 is 14.3 Å². The molecule has 3 fully saturated rings. The first kappa shape index (κ1) is 13.8. The van der Waals surface area contributed by atoms with Crippen molar-refractivity contribution in [2.45, 2.75) is 50.0 Å². The third kappa shape index (κ3) is 1.66. The van der Waals surface area contributed by atoms with Gasteiger partial charge in [-0.25, -0.2) is 0 Å². The molecule has 2 saturated carbocycles. The van der Waals surface area contributed by atoms with Crippen LogP contribution in [-0.4, -0.2) is 17.9 Å². The highest BCUT2D eigenvalue weighted by Crippen LogP contribution is 2.65. The minimum atomic E-state index is -0.323. The Balaban J connectivity index is 1.61. The molecule has 3 aliphatic carbocycles. The van der Waals surface area contributed by atoms with E-state index < -0.39 is 0 Å². The zero-order valence-electron chi connectivity index (χ0n) is 13.2. The van der Waals surface area contributed by atoms with E-state index in [-0.39, 0.29) is 23.4 Å². The van der Waals surface area contributed by atoms with Crippen molar-refractivity contribution in [3.8, 4) is 0 Å². The summed E-state index contributed by atoms with van der Waals surface area (Å²) in [7, 11) is 0. The quantitative estimate of drug-likeness (QED) is 0.622. The zero-order chi connectivity index (χ0) is 15.6. The van der Waals surface area contributed by atoms with Gasteiger partial charge in [-0.1, -0.05) is 24.3 Å². The summed E-state index contributed by atoms with van der Waals surface area (Å²) < 4.78 is 6.07. The second kappa shape index (κ2) is 4.68. The molecule has 0 aromatic heterocycles. The van der Waals surface area contributed by atoms with Gasteiger partial charge in [0.2, 0.25) is 0 Å². The van der Waals surface area contributed by atoms with Gasteiger partial charge in [0.25, 0.3) is 0 Å². The third-order valence-electron chi connectivity index (χ3n) is 7.23. The van der Waals surface area contributed by atoms with E-state index in [4.69, 9.17) is 4.74 Å². The summed E-state index contributed by atoms with van der Waals surface area (Å²) in [6.07, 6.45) is 6.83. The van der Waals surface area contributed by atoms with Crippen LogP contribution in [0.25, 0.3) is 0 Å². The molecule has 1 aromatic carbocycles. The van der Waals surface area contributed by atoms with Gasteiger partial charge in [-0.15, -0.1) is 0 Å². The first-order valence-corrected chi connectivity index (χ1v) is 8.99. The van der Waals surface area contributed by atoms with Crippen molar-refractivity contribution in [2.75, 3.05) is 0 Å². The Labute approximate surface area is 136 Å². The van der Waals surface area contributed by atoms with Gasteiger partial charge in [0.1, 0.15) is 11.9 Å². The summed E-state index contributed by atoms with van der Waals surface area (Å²) in [6.45, 7) is 0. The van der Waals surface area contributed by atoms with Gasteiger partial charge in [0.15, 0.2) is 0 Å². The van der Waals surface area contributed by atoms with Crippen molar-refractivity contribution in [3.63, 3.8) is 0 Å². The number of hydrogen-bond acceptors (Lipinski definition) is 3. The molecule has 3 nitrogen and oxygen atoms in total. The molecule has 0 radical (unpaired) electrons. The fourth-order valence-corrected chi connectivity index (χ4v) is 6.45. The molecule has 1 spiro atoms. The maximum atomic E-state index is 12.7. The Morgan fingerprint density at radius 1 is 1.22 bits per heavy atom. The lowest BCUT2D eigenvalue weighted by Crippen LogP contribution is -2.48. The molecular weight excluding hydrogens is 288 g/mol. The Hall–Kier alpha value is -1.64. The van der Waals surface area contributed by atoms with Crippen molar-refractivity contribution in [2.24, 2.45) is 23.7 Å². The fraction of sp³-hybridized carbons (Fsp3) is 0.600. The average molecular weight is 310 g/mol. The van der Waals surface area contributed by atoms with Gasteiger partial charge >= 0.3 is 5.97 Å². The van der Waals surface area contributed by atoms with Gasteiger partial charge in [0, 0.05) is 30.6 Å². The number of benzene rings is 1. The molecule has 5 rings (SSSR count). The third-order valence-corrected chi connectivity index (χ3v) is 7.23. The number of hydrogen-bond donors (Lipinski definition) is 0. The Morgan fingerprint density at radius 3 is 2.96 bits per heavy atom. The lowest BCUT2D eigenvalue weighted by Gasteiger charge is -2.48. The second-order valence-corrected chi connectivity index (χ2v) is 7.90. The van der Waals surface area contributed by atoms with Crippen LogP contribution in [0, 0.1) is 23.7 Å². The van der Waals surface area contributed by atoms with Crippen LogP contribution in [0.5, 0.6) is 0 Å². The molecule has 1 aliphatic heterocycles. The van der Waals surface area contributed by atoms with Gasteiger partial charge in [-0.05, 0) is 42.7 Å². The molecule has 0 unspecified atom stereocenters. The van der Waals surface area contributed by atoms with Crippen molar-refractivity contribution in [1.29, 1.82) is 0 Å². The highest BCUT2D eigenvalue weighted by atomic mass is 16.6. The van der Waals surface area contributed by atoms with Crippen LogP contribution < -0.4 is 0 Å². The number of ether oxygens (including phenoxy) is 1. The van der Waals surface area contributed by atoms with Gasteiger partial charge in [-0.3, -0.25) is 4.79 Å². The topological polar surface area (TPSA) is 43.4 Å². The standard InChI is InChI=1S/C20H22O3/c21-10-9-13-6-8-17-15-7-5-12-3-1-2-4-14(12)18(15)16-11-20(13,17)23-19(16)22/h1-4,10,13,15-18H,5-9,11H2/t13-,15-,16+,17-,18+,20-/m0/s1. The van der Waals surface area contributed by atoms with Crippen LogP contribution >= 0.6 is 0 Å². The molecule has 6 atom stereocenters. The second-order valence-electron chi connectivity index (χ2n) is 7.90. The summed E-state index contributed by atoms with van der Waals surface area (Å²) >= 11 is 0. The highest BCUT2D eigenvalue weighted by molar-refractivity contribution is 5.78. The van der Waals surface area contributed by atoms with Gasteiger partial charge < -0.3 is 9.53 Å². The summed E-state index contributed by atoms with van der Waals surface area (Å²) in [5.41, 5.74) is 2.49. The van der Waals surface area contributed by atoms with Crippen molar-refractivity contribution >= 4 is 12.3 Å². The summed E-state index contributed by atoms with van der Waals surface area (Å²) in [5, 5.41) is 0. The zero-order valence-corrected chi connectivity index (χ0v) is 13.2. The van der Waals surface area contributed by atoms with E-state index in [0.29, 0.717) is 24.2 Å². The van der Waals surface area contributed by atoms with Crippen LogP contribution in [0.1, 0.15) is 49.1 Å². The minimum Gasteiger partial charge on any atom is -0.458 e. The number of esters is 1. The van der Waals surface area contributed by atoms with Crippen LogP contribution in [0.4, 0.5) is 0 Å². The largest absolute Gasteiger partial charge is 0.458 e. The Kier molecular flexibility index (Phi) is 2.80. The van der Waals surface area contributed by atoms with E-state index in [1.807, 2.05) is 0 Å². The lowest BCUT2D eigenvalue weighted by molar-refractivity contribution is -0.156. The van der Waals surface area contributed by atoms with Gasteiger partial charge in [-0.2, -0.15) is 0 Å². The predicted molar refractivity (Wildman–Crippen MR) is 84.8 cm³/mol. The van der Waals surface area contributed by atoms with E-state index in [2.05, 4.69) is 24.3 Å². The Morgan fingerprint density at radius 2 is 2.09 bits per heavy atom. The molecule has 0 amide bonds. The van der Waals surface area contributed by atoms with Gasteiger partial charge in [0.05, 0.1) is 5.92 Å². The molecular formula is C20H22O3. The lowest BCUT2D eigenvalue weighted by atomic mass is 9.55. The first-order valence-electron chi connectivity index (χ1n) is 8.99. The van der Waals surface area contributed by atoms with E-state index in [9.17, 15) is 9.59 Å². The highest BCUT2D eigenvalue weighted by Gasteiger charge is 2.67. The first-order chi connectivity index (χ1) is 11.2. The number of aldehydes is 1. The number of fused-ring (bicyclic) bond motifs is 6. The summed E-state index contributed by atoms with van der Waals surface area (Å²) in [5.74, 6) is 1.59. The van der Waals surface area contributed by atoms with E-state index >= 15 is 0 Å². The molecule has 2 bridgehead atoms. The maximum absolute atomic E-state index is 12.7. The smallest absolute Gasteiger partial charge is 0.310 e. The maximum Gasteiger partial charge on any atom is 0.310 e. The molecule has 120 valence electrons. The average Bonchev–Trinajstić information content (AvgIpc) is 3.07. The van der Waals surface area contributed by atoms with E-state index in [1.165, 1.54) is 11.1 Å². The monoisotopic (exact) mass is 310 g/mol. The van der Waals surface area contributed by atoms with E-state index in [0.717, 1.165) is 38.4 Å². The van der Waals surface area contributed by atoms with Crippen LogP contribution in [-0.2, 0) is 20.7 Å². The minimum absolute atomic E-state index is 0.00278. The number of carbonyl (C=O) groups excluding carboxylic acids is 2. The summed E-state index contributed by atoms with van der Waals surface area (Å²) in [4.78, 5) is 23.8. The number of carbonyl (C=O) groups is 2. The van der Waals surface area contributed by atoms with E-state index in [1.54, 1.807) is 0 Å². The van der Waals surface area contributed by atoms with Crippen molar-refractivity contribution in [3.05, 3.63) is 35.4 Å². The van der Waals surface area contributed by atoms with Crippen molar-refractivity contribution in [1.82, 2.24) is 0 Å². The number of aryl methyl sites for hydroxylation is 1. The molecule has 1 aromatic rings.